The van der Waals surface area contributed by atoms with E-state index in [0.717, 1.165) is 15.7 Å². The first-order chi connectivity index (χ1) is 11.1. The van der Waals surface area contributed by atoms with Gasteiger partial charge in [0.25, 0.3) is 0 Å². The summed E-state index contributed by atoms with van der Waals surface area (Å²) in [6.07, 6.45) is 0. The maximum Gasteiger partial charge on any atom is 0.321 e. The molecule has 10 heteroatoms. The fourth-order valence-corrected chi connectivity index (χ4v) is 4.29. The summed E-state index contributed by atoms with van der Waals surface area (Å²) in [6.45, 7) is 0. The number of hydrogen-bond acceptors (Lipinski definition) is 7. The lowest BCUT2D eigenvalue weighted by atomic mass is 10.2. The highest BCUT2D eigenvalue weighted by atomic mass is 35.5. The van der Waals surface area contributed by atoms with Crippen molar-refractivity contribution in [1.82, 2.24) is 20.8 Å². The molecule has 0 saturated heterocycles. The predicted octanol–water partition coefficient (Wildman–Crippen LogP) is 3.03. The lowest BCUT2D eigenvalue weighted by Crippen LogP contribution is -2.38. The van der Waals surface area contributed by atoms with Gasteiger partial charge < -0.3 is 5.32 Å². The molecule has 2 rings (SSSR count). The van der Waals surface area contributed by atoms with Crippen LogP contribution < -0.4 is 10.6 Å². The third-order valence-corrected chi connectivity index (χ3v) is 5.98. The Morgan fingerprint density at radius 2 is 1.83 bits per heavy atom. The second kappa shape index (κ2) is 9.11. The molecule has 6 nitrogen and oxygen atoms in total. The van der Waals surface area contributed by atoms with Gasteiger partial charge in [-0.2, -0.15) is 0 Å². The molecule has 1 aromatic carbocycles. The Labute approximate surface area is 150 Å². The SMILES string of the molecule is CNC(=O)NC(=O)CSc1nnc(SCc2ccc(Cl)cc2)s1. The van der Waals surface area contributed by atoms with Crippen LogP contribution in [-0.2, 0) is 10.5 Å². The zero-order valence-electron chi connectivity index (χ0n) is 12.0. The number of carbonyl (C=O) groups is 2. The van der Waals surface area contributed by atoms with E-state index in [1.807, 2.05) is 24.3 Å². The van der Waals surface area contributed by atoms with Crippen LogP contribution in [0.5, 0.6) is 0 Å². The van der Waals surface area contributed by atoms with Crippen LogP contribution in [0.1, 0.15) is 5.56 Å². The average molecular weight is 389 g/mol. The van der Waals surface area contributed by atoms with E-state index in [9.17, 15) is 9.59 Å². The van der Waals surface area contributed by atoms with Gasteiger partial charge in [-0.3, -0.25) is 10.1 Å². The Morgan fingerprint density at radius 1 is 1.17 bits per heavy atom. The molecular weight excluding hydrogens is 376 g/mol. The van der Waals surface area contributed by atoms with E-state index >= 15 is 0 Å². The van der Waals surface area contributed by atoms with Crippen molar-refractivity contribution in [3.8, 4) is 0 Å². The number of aromatic nitrogens is 2. The lowest BCUT2D eigenvalue weighted by Gasteiger charge is -2.00. The third-order valence-electron chi connectivity index (χ3n) is 2.47. The van der Waals surface area contributed by atoms with Crippen molar-refractivity contribution in [2.24, 2.45) is 0 Å². The number of carbonyl (C=O) groups excluding carboxylic acids is 2. The third kappa shape index (κ3) is 6.38. The molecule has 0 unspecified atom stereocenters. The first kappa shape index (κ1) is 18.1. The summed E-state index contributed by atoms with van der Waals surface area (Å²) in [5, 5.41) is 13.3. The largest absolute Gasteiger partial charge is 0.341 e. The van der Waals surface area contributed by atoms with Gasteiger partial charge in [0, 0.05) is 17.8 Å². The highest BCUT2D eigenvalue weighted by Crippen LogP contribution is 2.30. The average Bonchev–Trinajstić information content (AvgIpc) is 3.00. The zero-order chi connectivity index (χ0) is 16.7. The molecule has 1 aromatic heterocycles. The zero-order valence-corrected chi connectivity index (χ0v) is 15.2. The summed E-state index contributed by atoms with van der Waals surface area (Å²) >= 11 is 10.1. The monoisotopic (exact) mass is 388 g/mol. The van der Waals surface area contributed by atoms with E-state index in [1.165, 1.54) is 30.1 Å². The number of nitrogens with one attached hydrogen (secondary N) is 2. The minimum Gasteiger partial charge on any atom is -0.341 e. The van der Waals surface area contributed by atoms with Gasteiger partial charge in [0.15, 0.2) is 8.68 Å². The summed E-state index contributed by atoms with van der Waals surface area (Å²) in [5.41, 5.74) is 1.15. The Kier molecular flexibility index (Phi) is 7.15. The normalized spacial score (nSPS) is 10.3. The van der Waals surface area contributed by atoms with Crippen molar-refractivity contribution in [3.05, 3.63) is 34.9 Å². The molecule has 2 aromatic rings. The van der Waals surface area contributed by atoms with Gasteiger partial charge in [-0.15, -0.1) is 10.2 Å². The summed E-state index contributed by atoms with van der Waals surface area (Å²) < 4.78 is 1.52. The number of amides is 3. The number of halogens is 1. The van der Waals surface area contributed by atoms with Crippen molar-refractivity contribution in [3.63, 3.8) is 0 Å². The molecule has 122 valence electrons. The van der Waals surface area contributed by atoms with Gasteiger partial charge in [0.05, 0.1) is 5.75 Å². The van der Waals surface area contributed by atoms with E-state index in [2.05, 4.69) is 20.8 Å². The van der Waals surface area contributed by atoms with E-state index in [0.29, 0.717) is 9.36 Å². The van der Waals surface area contributed by atoms with Crippen LogP contribution >= 0.6 is 46.5 Å². The molecule has 0 fully saturated rings. The van der Waals surface area contributed by atoms with Crippen LogP contribution in [0.3, 0.4) is 0 Å². The molecule has 2 N–H and O–H groups in total. The molecule has 23 heavy (non-hydrogen) atoms. The number of rotatable bonds is 6. The Morgan fingerprint density at radius 3 is 2.48 bits per heavy atom. The summed E-state index contributed by atoms with van der Waals surface area (Å²) in [4.78, 5) is 22.5. The van der Waals surface area contributed by atoms with Crippen molar-refractivity contribution in [2.45, 2.75) is 14.4 Å². The number of benzene rings is 1. The topological polar surface area (TPSA) is 84.0 Å². The number of imide groups is 1. The van der Waals surface area contributed by atoms with Crippen molar-refractivity contribution < 1.29 is 9.59 Å². The first-order valence-corrected chi connectivity index (χ1v) is 9.58. The quantitative estimate of drug-likeness (QED) is 0.740. The van der Waals surface area contributed by atoms with Crippen LogP contribution in [0.2, 0.25) is 5.02 Å². The Bertz CT molecular complexity index is 678. The number of thioether (sulfide) groups is 2. The number of nitrogens with zero attached hydrogens (tertiary/aromatic N) is 2. The summed E-state index contributed by atoms with van der Waals surface area (Å²) in [6, 6.07) is 7.12. The van der Waals surface area contributed by atoms with Crippen molar-refractivity contribution >= 4 is 58.4 Å². The molecule has 0 aliphatic rings. The van der Waals surface area contributed by atoms with Gasteiger partial charge in [0.1, 0.15) is 0 Å². The summed E-state index contributed by atoms with van der Waals surface area (Å²) in [5.74, 6) is 0.511. The first-order valence-electron chi connectivity index (χ1n) is 6.42. The molecule has 0 atom stereocenters. The Hall–Kier alpha value is -1.29. The van der Waals surface area contributed by atoms with Gasteiger partial charge in [-0.1, -0.05) is 58.6 Å². The number of hydrogen-bond donors (Lipinski definition) is 2. The van der Waals surface area contributed by atoms with Crippen LogP contribution in [-0.4, -0.2) is 34.9 Å². The van der Waals surface area contributed by atoms with Crippen LogP contribution in [0.4, 0.5) is 4.79 Å². The molecule has 0 aliphatic carbocycles. The second-order valence-corrected chi connectivity index (χ2v) is 8.02. The Balaban J connectivity index is 1.78. The second-order valence-electron chi connectivity index (χ2n) is 4.16. The van der Waals surface area contributed by atoms with Crippen LogP contribution in [0, 0.1) is 0 Å². The number of urea groups is 1. The maximum atomic E-state index is 11.5. The summed E-state index contributed by atoms with van der Waals surface area (Å²) in [7, 11) is 1.45. The van der Waals surface area contributed by atoms with E-state index < -0.39 is 6.03 Å². The highest BCUT2D eigenvalue weighted by Gasteiger charge is 2.10. The fourth-order valence-electron chi connectivity index (χ4n) is 1.39. The standard InChI is InChI=1S/C13H13ClN4O2S3/c1-15-11(20)16-10(19)7-22-13-18-17-12(23-13)21-6-8-2-4-9(14)5-3-8/h2-5H,6-7H2,1H3,(H2,15,16,19,20). The van der Waals surface area contributed by atoms with E-state index in [1.54, 1.807) is 11.8 Å². The van der Waals surface area contributed by atoms with Gasteiger partial charge in [-0.25, -0.2) is 4.79 Å². The van der Waals surface area contributed by atoms with Crippen LogP contribution in [0.25, 0.3) is 0 Å². The van der Waals surface area contributed by atoms with Gasteiger partial charge in [0.2, 0.25) is 5.91 Å². The fraction of sp³-hybridized carbons (Fsp3) is 0.231. The molecule has 0 saturated carbocycles. The van der Waals surface area contributed by atoms with Gasteiger partial charge >= 0.3 is 6.03 Å². The van der Waals surface area contributed by atoms with Crippen LogP contribution in [0.15, 0.2) is 32.9 Å². The molecule has 0 radical (unpaired) electrons. The van der Waals surface area contributed by atoms with Gasteiger partial charge in [-0.05, 0) is 17.7 Å². The van der Waals surface area contributed by atoms with Crippen molar-refractivity contribution in [1.29, 1.82) is 0 Å². The molecule has 0 bridgehead atoms. The van der Waals surface area contributed by atoms with E-state index in [-0.39, 0.29) is 11.7 Å². The molecule has 0 spiro atoms. The molecule has 3 amide bonds. The smallest absolute Gasteiger partial charge is 0.321 e. The lowest BCUT2D eigenvalue weighted by molar-refractivity contribution is -0.117. The van der Waals surface area contributed by atoms with Crippen molar-refractivity contribution in [2.75, 3.05) is 12.8 Å². The van der Waals surface area contributed by atoms with E-state index in [4.69, 9.17) is 11.6 Å². The maximum absolute atomic E-state index is 11.5. The molecular formula is C13H13ClN4O2S3. The molecule has 1 heterocycles. The minimum absolute atomic E-state index is 0.115. The highest BCUT2D eigenvalue weighted by molar-refractivity contribution is 8.03. The predicted molar refractivity (Wildman–Crippen MR) is 94.2 cm³/mol. The molecule has 0 aliphatic heterocycles. The minimum atomic E-state index is -0.521.